The quantitative estimate of drug-likeness (QED) is 0.773. The van der Waals surface area contributed by atoms with E-state index < -0.39 is 23.4 Å². The molecule has 0 fully saturated rings. The summed E-state index contributed by atoms with van der Waals surface area (Å²) in [5, 5.41) is 5.10. The van der Waals surface area contributed by atoms with E-state index in [-0.39, 0.29) is 12.2 Å². The number of methoxy groups -OCH3 is 1. The average molecular weight is 366 g/mol. The molecule has 0 heterocycles. The zero-order chi connectivity index (χ0) is 19.2. The molecule has 0 spiro atoms. The maximum atomic E-state index is 12.7. The van der Waals surface area contributed by atoms with Crippen molar-refractivity contribution in [1.82, 2.24) is 5.32 Å². The van der Waals surface area contributed by atoms with Crippen molar-refractivity contribution in [2.24, 2.45) is 0 Å². The number of nitrogens with one attached hydrogen (secondary N) is 2. The Morgan fingerprint density at radius 2 is 1.69 bits per heavy atom. The fourth-order valence-electron chi connectivity index (χ4n) is 2.68. The monoisotopic (exact) mass is 366 g/mol. The summed E-state index contributed by atoms with van der Waals surface area (Å²) >= 11 is 0. The highest BCUT2D eigenvalue weighted by atomic mass is 19.4. The van der Waals surface area contributed by atoms with Crippen LogP contribution < -0.4 is 10.6 Å². The smallest absolute Gasteiger partial charge is 0.372 e. The lowest BCUT2D eigenvalue weighted by Crippen LogP contribution is -2.43. The molecule has 0 aliphatic rings. The zero-order valence-corrected chi connectivity index (χ0v) is 14.6. The van der Waals surface area contributed by atoms with Gasteiger partial charge < -0.3 is 15.4 Å². The Labute approximate surface area is 150 Å². The predicted octanol–water partition coefficient (Wildman–Crippen LogP) is 4.78. The molecule has 0 aliphatic carbocycles. The number of anilines is 1. The molecule has 2 amide bonds. The number of amides is 2. The van der Waals surface area contributed by atoms with Crippen molar-refractivity contribution in [3.05, 3.63) is 65.7 Å². The van der Waals surface area contributed by atoms with Crippen molar-refractivity contribution < 1.29 is 22.7 Å². The summed E-state index contributed by atoms with van der Waals surface area (Å²) in [6.07, 6.45) is -3.85. The van der Waals surface area contributed by atoms with Crippen LogP contribution >= 0.6 is 0 Å². The number of ether oxygens (including phenoxy) is 1. The highest BCUT2D eigenvalue weighted by Gasteiger charge is 2.31. The maximum Gasteiger partial charge on any atom is 0.416 e. The average Bonchev–Trinajstić information content (AvgIpc) is 2.63. The molecule has 0 radical (unpaired) electrons. The van der Waals surface area contributed by atoms with E-state index in [9.17, 15) is 18.0 Å². The van der Waals surface area contributed by atoms with Crippen LogP contribution in [0.5, 0.6) is 0 Å². The first-order valence-electron chi connectivity index (χ1n) is 8.13. The minimum absolute atomic E-state index is 0.0663. The van der Waals surface area contributed by atoms with Crippen LogP contribution in [0.3, 0.4) is 0 Å². The first-order chi connectivity index (χ1) is 12.3. The predicted molar refractivity (Wildman–Crippen MR) is 93.9 cm³/mol. The normalized spacial score (nSPS) is 13.7. The maximum absolute atomic E-state index is 12.7. The molecule has 7 heteroatoms. The molecule has 0 saturated heterocycles. The molecule has 0 bridgehead atoms. The van der Waals surface area contributed by atoms with Crippen LogP contribution in [0.1, 0.15) is 24.5 Å². The zero-order valence-electron chi connectivity index (χ0n) is 14.6. The molecular weight excluding hydrogens is 345 g/mol. The highest BCUT2D eigenvalue weighted by molar-refractivity contribution is 5.89. The molecule has 1 unspecified atom stereocenters. The molecule has 4 nitrogen and oxygen atoms in total. The summed E-state index contributed by atoms with van der Waals surface area (Å²) in [5.74, 6) is 0. The number of carbonyl (C=O) groups excluding carboxylic acids is 1. The van der Waals surface area contributed by atoms with Crippen molar-refractivity contribution in [1.29, 1.82) is 0 Å². The number of urea groups is 1. The van der Waals surface area contributed by atoms with Gasteiger partial charge in [-0.25, -0.2) is 4.79 Å². The summed E-state index contributed by atoms with van der Waals surface area (Å²) in [4.78, 5) is 12.1. The van der Waals surface area contributed by atoms with E-state index in [1.807, 2.05) is 37.3 Å². The van der Waals surface area contributed by atoms with E-state index >= 15 is 0 Å². The minimum atomic E-state index is -4.46. The van der Waals surface area contributed by atoms with E-state index in [0.29, 0.717) is 6.42 Å². The van der Waals surface area contributed by atoms with Gasteiger partial charge in [0.1, 0.15) is 5.60 Å². The van der Waals surface area contributed by atoms with E-state index in [0.717, 1.165) is 17.7 Å². The second-order valence-corrected chi connectivity index (χ2v) is 5.80. The Morgan fingerprint density at radius 1 is 1.04 bits per heavy atom. The summed E-state index contributed by atoms with van der Waals surface area (Å²) in [7, 11) is 1.56. The van der Waals surface area contributed by atoms with Gasteiger partial charge in [0.15, 0.2) is 0 Å². The summed E-state index contributed by atoms with van der Waals surface area (Å²) in [6.45, 7) is 2.11. The Kier molecular flexibility index (Phi) is 6.26. The molecule has 0 saturated carbocycles. The van der Waals surface area contributed by atoms with E-state index in [1.54, 1.807) is 7.11 Å². The van der Waals surface area contributed by atoms with Gasteiger partial charge in [-0.15, -0.1) is 0 Å². The third-order valence-corrected chi connectivity index (χ3v) is 4.24. The summed E-state index contributed by atoms with van der Waals surface area (Å²) in [6, 6.07) is 13.3. The standard InChI is InChI=1S/C19H21F3N2O2/c1-3-18(26-2,14-8-5-4-6-9-14)13-23-17(25)24-16-11-7-10-15(12-16)19(20,21)22/h4-12H,3,13H2,1-2H3,(H2,23,24,25). The topological polar surface area (TPSA) is 50.4 Å². The molecule has 0 aliphatic heterocycles. The Hall–Kier alpha value is -2.54. The van der Waals surface area contributed by atoms with Crippen molar-refractivity contribution in [2.75, 3.05) is 19.0 Å². The van der Waals surface area contributed by atoms with Crippen LogP contribution in [-0.4, -0.2) is 19.7 Å². The molecule has 0 aromatic heterocycles. The molecule has 26 heavy (non-hydrogen) atoms. The van der Waals surface area contributed by atoms with Crippen molar-refractivity contribution in [2.45, 2.75) is 25.1 Å². The van der Waals surface area contributed by atoms with Crippen LogP contribution in [0.2, 0.25) is 0 Å². The number of halogens is 3. The van der Waals surface area contributed by atoms with Gasteiger partial charge in [-0.1, -0.05) is 43.3 Å². The van der Waals surface area contributed by atoms with Gasteiger partial charge in [0.25, 0.3) is 0 Å². The number of hydrogen-bond acceptors (Lipinski definition) is 2. The van der Waals surface area contributed by atoms with Crippen LogP contribution in [0, 0.1) is 0 Å². The number of carbonyl (C=O) groups is 1. The van der Waals surface area contributed by atoms with Gasteiger partial charge in [-0.05, 0) is 30.2 Å². The minimum Gasteiger partial charge on any atom is -0.372 e. The molecule has 2 N–H and O–H groups in total. The second-order valence-electron chi connectivity index (χ2n) is 5.80. The van der Waals surface area contributed by atoms with E-state index in [1.165, 1.54) is 12.1 Å². The number of alkyl halides is 3. The van der Waals surface area contributed by atoms with Crippen molar-refractivity contribution in [3.63, 3.8) is 0 Å². The lowest BCUT2D eigenvalue weighted by atomic mass is 9.91. The lowest BCUT2D eigenvalue weighted by Gasteiger charge is -2.32. The molecule has 2 aromatic rings. The van der Waals surface area contributed by atoms with Gasteiger partial charge in [-0.3, -0.25) is 0 Å². The Morgan fingerprint density at radius 3 is 2.27 bits per heavy atom. The van der Waals surface area contributed by atoms with Crippen molar-refractivity contribution in [3.8, 4) is 0 Å². The van der Waals surface area contributed by atoms with E-state index in [2.05, 4.69) is 10.6 Å². The lowest BCUT2D eigenvalue weighted by molar-refractivity contribution is -0.137. The Bertz CT molecular complexity index is 729. The van der Waals surface area contributed by atoms with Crippen molar-refractivity contribution >= 4 is 11.7 Å². The van der Waals surface area contributed by atoms with Gasteiger partial charge in [-0.2, -0.15) is 13.2 Å². The number of benzene rings is 2. The van der Waals surface area contributed by atoms with Crippen LogP contribution in [0.4, 0.5) is 23.7 Å². The highest BCUT2D eigenvalue weighted by Crippen LogP contribution is 2.31. The summed E-state index contributed by atoms with van der Waals surface area (Å²) < 4.78 is 43.9. The molecule has 2 rings (SSSR count). The van der Waals surface area contributed by atoms with Crippen LogP contribution in [0.15, 0.2) is 54.6 Å². The first-order valence-corrected chi connectivity index (χ1v) is 8.13. The van der Waals surface area contributed by atoms with Gasteiger partial charge in [0, 0.05) is 12.8 Å². The first kappa shape index (κ1) is 19.8. The van der Waals surface area contributed by atoms with Gasteiger partial charge >= 0.3 is 12.2 Å². The van der Waals surface area contributed by atoms with Crippen LogP contribution in [0.25, 0.3) is 0 Å². The largest absolute Gasteiger partial charge is 0.416 e. The number of rotatable bonds is 6. The molecule has 2 aromatic carbocycles. The number of hydrogen-bond donors (Lipinski definition) is 2. The third-order valence-electron chi connectivity index (χ3n) is 4.24. The van der Waals surface area contributed by atoms with Gasteiger partial charge in [0.2, 0.25) is 0 Å². The fraction of sp³-hybridized carbons (Fsp3) is 0.316. The SMILES string of the molecule is CCC(CNC(=O)Nc1cccc(C(F)(F)F)c1)(OC)c1ccccc1. The summed E-state index contributed by atoms with van der Waals surface area (Å²) in [5.41, 5.74) is -0.563. The van der Waals surface area contributed by atoms with E-state index in [4.69, 9.17) is 4.74 Å². The molecule has 140 valence electrons. The fourth-order valence-corrected chi connectivity index (χ4v) is 2.68. The van der Waals surface area contributed by atoms with Crippen LogP contribution in [-0.2, 0) is 16.5 Å². The molecular formula is C19H21F3N2O2. The second kappa shape index (κ2) is 8.23. The van der Waals surface area contributed by atoms with Gasteiger partial charge in [0.05, 0.1) is 12.1 Å². The third kappa shape index (κ3) is 4.76. The molecule has 1 atom stereocenters. The Balaban J connectivity index is 2.05.